The molecule has 2 aromatic heterocycles. The molecule has 84 valence electrons. The summed E-state index contributed by atoms with van der Waals surface area (Å²) in [5, 5.41) is 9.77. The van der Waals surface area contributed by atoms with Crippen LogP contribution in [0.25, 0.3) is 10.9 Å². The second-order valence-electron chi connectivity index (χ2n) is 3.87. The van der Waals surface area contributed by atoms with Crippen LogP contribution in [0.15, 0.2) is 23.1 Å². The van der Waals surface area contributed by atoms with Crippen LogP contribution in [0.3, 0.4) is 0 Å². The first kappa shape index (κ1) is 11.1. The molecule has 0 aliphatic rings. The van der Waals surface area contributed by atoms with Crippen molar-refractivity contribution in [3.05, 3.63) is 28.6 Å². The summed E-state index contributed by atoms with van der Waals surface area (Å²) in [6, 6.07) is 2.05. The Labute approximate surface area is 101 Å². The lowest BCUT2D eigenvalue weighted by atomic mass is 10.2. The highest BCUT2D eigenvalue weighted by Gasteiger charge is 2.15. The number of pyridine rings is 1. The number of hydrogen-bond donors (Lipinski definition) is 1. The molecule has 0 bridgehead atoms. The molecule has 0 aliphatic heterocycles. The van der Waals surface area contributed by atoms with Gasteiger partial charge in [-0.05, 0) is 35.8 Å². The maximum absolute atomic E-state index is 11.1. The molecule has 0 aliphatic carbocycles. The summed E-state index contributed by atoms with van der Waals surface area (Å²) in [7, 11) is 0. The molecule has 0 saturated heterocycles. The zero-order valence-corrected chi connectivity index (χ0v) is 10.5. The number of rotatable bonds is 2. The second kappa shape index (κ2) is 3.90. The Bertz CT molecular complexity index is 560. The quantitative estimate of drug-likeness (QED) is 0.862. The summed E-state index contributed by atoms with van der Waals surface area (Å²) >= 11 is 3.29. The van der Waals surface area contributed by atoms with Gasteiger partial charge in [-0.3, -0.25) is 0 Å². The molecular formula is C11H11BrN2O2. The summed E-state index contributed by atoms with van der Waals surface area (Å²) in [5.74, 6) is -0.923. The molecule has 4 nitrogen and oxygen atoms in total. The maximum atomic E-state index is 11.1. The maximum Gasteiger partial charge on any atom is 0.337 e. The van der Waals surface area contributed by atoms with Crippen molar-refractivity contribution in [2.45, 2.75) is 19.9 Å². The minimum Gasteiger partial charge on any atom is -0.478 e. The number of nitrogens with zero attached hydrogens (tertiary/aromatic N) is 2. The van der Waals surface area contributed by atoms with E-state index in [9.17, 15) is 4.79 Å². The highest BCUT2D eigenvalue weighted by atomic mass is 79.9. The topological polar surface area (TPSA) is 55.1 Å². The lowest BCUT2D eigenvalue weighted by Gasteiger charge is -2.08. The molecule has 0 unspecified atom stereocenters. The van der Waals surface area contributed by atoms with Crippen LogP contribution in [-0.4, -0.2) is 20.6 Å². The van der Waals surface area contributed by atoms with Crippen molar-refractivity contribution in [2.24, 2.45) is 0 Å². The van der Waals surface area contributed by atoms with Crippen molar-refractivity contribution in [2.75, 3.05) is 0 Å². The number of aromatic carboxylic acids is 1. The average molecular weight is 283 g/mol. The molecule has 0 radical (unpaired) electrons. The third-order valence-electron chi connectivity index (χ3n) is 2.47. The minimum atomic E-state index is -0.923. The number of carboxylic acid groups (broad SMARTS) is 1. The van der Waals surface area contributed by atoms with Gasteiger partial charge in [-0.15, -0.1) is 0 Å². The predicted octanol–water partition coefficient (Wildman–Crippen LogP) is 3.08. The van der Waals surface area contributed by atoms with E-state index in [0.29, 0.717) is 15.6 Å². The second-order valence-corrected chi connectivity index (χ2v) is 4.69. The van der Waals surface area contributed by atoms with Crippen LogP contribution < -0.4 is 0 Å². The molecule has 0 spiro atoms. The van der Waals surface area contributed by atoms with Gasteiger partial charge in [0.15, 0.2) is 0 Å². The van der Waals surface area contributed by atoms with Crippen molar-refractivity contribution in [1.29, 1.82) is 0 Å². The molecule has 5 heteroatoms. The molecule has 2 aromatic rings. The van der Waals surface area contributed by atoms with Crippen LogP contribution in [0.5, 0.6) is 0 Å². The van der Waals surface area contributed by atoms with Crippen LogP contribution in [0, 0.1) is 0 Å². The van der Waals surface area contributed by atoms with E-state index in [1.807, 2.05) is 24.5 Å². The van der Waals surface area contributed by atoms with Crippen molar-refractivity contribution in [1.82, 2.24) is 9.55 Å². The van der Waals surface area contributed by atoms with Crippen molar-refractivity contribution >= 4 is 32.8 Å². The molecule has 0 amide bonds. The molecule has 0 atom stereocenters. The van der Waals surface area contributed by atoms with E-state index in [1.165, 1.54) is 0 Å². The lowest BCUT2D eigenvalue weighted by molar-refractivity contribution is 0.0698. The number of carbonyl (C=O) groups is 1. The normalized spacial score (nSPS) is 11.2. The fourth-order valence-corrected chi connectivity index (χ4v) is 2.04. The standard InChI is InChI=1S/C11H11BrN2O2/c1-6(2)14-5-8(11(15)16)7-4-13-10(12)3-9(7)14/h3-6H,1-2H3,(H,15,16). The Morgan fingerprint density at radius 2 is 2.25 bits per heavy atom. The summed E-state index contributed by atoms with van der Waals surface area (Å²) in [4.78, 5) is 15.1. The van der Waals surface area contributed by atoms with Gasteiger partial charge >= 0.3 is 5.97 Å². The summed E-state index contributed by atoms with van der Waals surface area (Å²) in [6.45, 7) is 4.03. The van der Waals surface area contributed by atoms with E-state index in [-0.39, 0.29) is 6.04 Å². The number of halogens is 1. The van der Waals surface area contributed by atoms with Gasteiger partial charge in [0.25, 0.3) is 0 Å². The first-order valence-corrected chi connectivity index (χ1v) is 5.69. The molecule has 2 heterocycles. The van der Waals surface area contributed by atoms with E-state index < -0.39 is 5.97 Å². The molecule has 0 saturated carbocycles. The van der Waals surface area contributed by atoms with Crippen molar-refractivity contribution in [3.63, 3.8) is 0 Å². The Morgan fingerprint density at radius 3 is 2.81 bits per heavy atom. The summed E-state index contributed by atoms with van der Waals surface area (Å²) in [6.07, 6.45) is 3.24. The Balaban J connectivity index is 2.81. The van der Waals surface area contributed by atoms with Crippen molar-refractivity contribution in [3.8, 4) is 0 Å². The van der Waals surface area contributed by atoms with Gasteiger partial charge in [0, 0.05) is 23.8 Å². The highest BCUT2D eigenvalue weighted by Crippen LogP contribution is 2.26. The van der Waals surface area contributed by atoms with E-state index in [4.69, 9.17) is 5.11 Å². The molecule has 16 heavy (non-hydrogen) atoms. The summed E-state index contributed by atoms with van der Waals surface area (Å²) in [5.41, 5.74) is 1.18. The van der Waals surface area contributed by atoms with Crippen LogP contribution in [0.1, 0.15) is 30.2 Å². The minimum absolute atomic E-state index is 0.213. The van der Waals surface area contributed by atoms with Gasteiger partial charge in [0.05, 0.1) is 11.1 Å². The largest absolute Gasteiger partial charge is 0.478 e. The fourth-order valence-electron chi connectivity index (χ4n) is 1.72. The molecular weight excluding hydrogens is 272 g/mol. The van der Waals surface area contributed by atoms with Crippen LogP contribution in [0.2, 0.25) is 0 Å². The van der Waals surface area contributed by atoms with Crippen molar-refractivity contribution < 1.29 is 9.90 Å². The zero-order valence-electron chi connectivity index (χ0n) is 8.94. The first-order chi connectivity index (χ1) is 7.50. The zero-order chi connectivity index (χ0) is 11.9. The van der Waals surface area contributed by atoms with Gasteiger partial charge in [-0.1, -0.05) is 0 Å². The monoisotopic (exact) mass is 282 g/mol. The number of aromatic nitrogens is 2. The van der Waals surface area contributed by atoms with Gasteiger partial charge in [0.2, 0.25) is 0 Å². The Hall–Kier alpha value is -1.36. The number of fused-ring (bicyclic) bond motifs is 1. The molecule has 0 fully saturated rings. The highest BCUT2D eigenvalue weighted by molar-refractivity contribution is 9.10. The SMILES string of the molecule is CC(C)n1cc(C(=O)O)c2cnc(Br)cc21. The Kier molecular flexibility index (Phi) is 2.71. The Morgan fingerprint density at radius 1 is 1.56 bits per heavy atom. The molecule has 1 N–H and O–H groups in total. The van der Waals surface area contributed by atoms with Gasteiger partial charge in [-0.25, -0.2) is 9.78 Å². The van der Waals surface area contributed by atoms with E-state index in [2.05, 4.69) is 20.9 Å². The first-order valence-electron chi connectivity index (χ1n) is 4.90. The molecule has 0 aromatic carbocycles. The van der Waals surface area contributed by atoms with E-state index in [0.717, 1.165) is 5.52 Å². The van der Waals surface area contributed by atoms with Gasteiger partial charge < -0.3 is 9.67 Å². The third-order valence-corrected chi connectivity index (χ3v) is 2.91. The van der Waals surface area contributed by atoms with E-state index in [1.54, 1.807) is 12.4 Å². The number of carboxylic acids is 1. The van der Waals surface area contributed by atoms with E-state index >= 15 is 0 Å². The third kappa shape index (κ3) is 1.71. The summed E-state index contributed by atoms with van der Waals surface area (Å²) < 4.78 is 2.64. The lowest BCUT2D eigenvalue weighted by Crippen LogP contribution is -1.99. The fraction of sp³-hybridized carbons (Fsp3) is 0.273. The number of hydrogen-bond acceptors (Lipinski definition) is 2. The predicted molar refractivity (Wildman–Crippen MR) is 64.8 cm³/mol. The van der Waals surface area contributed by atoms with Crippen LogP contribution in [-0.2, 0) is 0 Å². The average Bonchev–Trinajstić information content (AvgIpc) is 2.56. The van der Waals surface area contributed by atoms with Crippen LogP contribution in [0.4, 0.5) is 0 Å². The van der Waals surface area contributed by atoms with Gasteiger partial charge in [-0.2, -0.15) is 0 Å². The smallest absolute Gasteiger partial charge is 0.337 e. The van der Waals surface area contributed by atoms with Gasteiger partial charge in [0.1, 0.15) is 4.60 Å². The molecule has 2 rings (SSSR count). The van der Waals surface area contributed by atoms with Crippen LogP contribution >= 0.6 is 15.9 Å².